The Hall–Kier alpha value is -1.13. The molecule has 0 spiro atoms. The number of aliphatic hydroxyl groups is 2. The van der Waals surface area contributed by atoms with E-state index in [1.807, 2.05) is 0 Å². The van der Waals surface area contributed by atoms with Crippen molar-refractivity contribution in [2.45, 2.75) is 20.1 Å². The zero-order valence-electron chi connectivity index (χ0n) is 6.78. The van der Waals surface area contributed by atoms with E-state index in [4.69, 9.17) is 10.2 Å². The summed E-state index contributed by atoms with van der Waals surface area (Å²) in [5.74, 6) is -0.0379. The van der Waals surface area contributed by atoms with Gasteiger partial charge in [-0.25, -0.2) is 0 Å². The van der Waals surface area contributed by atoms with Gasteiger partial charge in [0.1, 0.15) is 5.75 Å². The van der Waals surface area contributed by atoms with Gasteiger partial charge >= 0.3 is 0 Å². The molecule has 0 amide bonds. The Balaban J connectivity index is 3.25. The average molecular weight is 173 g/mol. The Kier molecular flexibility index (Phi) is 2.62. The monoisotopic (exact) mass is 173 g/mol. The van der Waals surface area contributed by atoms with Gasteiger partial charge in [-0.2, -0.15) is 0 Å². The Morgan fingerprint density at radius 1 is 1.33 bits per heavy atom. The van der Waals surface area contributed by atoms with Crippen LogP contribution in [-0.2, 0) is 13.2 Å². The molecule has 0 aromatic carbocycles. The molecule has 0 aliphatic rings. The second-order valence-electron chi connectivity index (χ2n) is 2.51. The van der Waals surface area contributed by atoms with Gasteiger partial charge in [0.05, 0.1) is 18.9 Å². The van der Waals surface area contributed by atoms with Crippen molar-refractivity contribution in [1.29, 1.82) is 0 Å². The summed E-state index contributed by atoms with van der Waals surface area (Å²) in [6.45, 7) is 1.12. The van der Waals surface area contributed by atoms with E-state index < -0.39 is 0 Å². The van der Waals surface area contributed by atoms with Crippen LogP contribution >= 0.6 is 0 Å². The van der Waals surface area contributed by atoms with Crippen LogP contribution in [0, 0.1) is 6.92 Å². The molecule has 0 radical (unpaired) electrons. The molecule has 1 heterocycles. The smallest absolute Gasteiger partial charge is 0.142 e. The van der Waals surface area contributed by atoms with Crippen LogP contribution in [0.4, 0.5) is 0 Å². The van der Waals surface area contributed by atoms with Gasteiger partial charge in [0, 0.05) is 17.3 Å². The molecule has 0 atom stereocenters. The third kappa shape index (κ3) is 1.39. The summed E-state index contributed by atoms with van der Waals surface area (Å²) in [6.07, 6.45) is 1.45. The summed E-state index contributed by atoms with van der Waals surface area (Å²) in [5, 5.41) is 27.0. The standard InChI is InChI=1S/C8H11NO3/c1-5-8(12)7(4-11)6(3-10)2-9-5/h2,10-12H,3-4H2,1H3/i3+1,4+1,6+1,7+1. The minimum absolute atomic E-state index is 0.0379. The lowest BCUT2D eigenvalue weighted by atomic mass is 10.4. The van der Waals surface area contributed by atoms with Crippen molar-refractivity contribution in [3.05, 3.63) is 23.0 Å². The third-order valence-electron chi connectivity index (χ3n) is 1.76. The molecule has 12 heavy (non-hydrogen) atoms. The van der Waals surface area contributed by atoms with Crippen LogP contribution in [0.25, 0.3) is 0 Å². The van der Waals surface area contributed by atoms with E-state index in [1.165, 1.54) is 6.20 Å². The second kappa shape index (κ2) is 3.51. The number of hydrogen-bond acceptors (Lipinski definition) is 4. The Morgan fingerprint density at radius 3 is 2.50 bits per heavy atom. The first-order valence-electron chi connectivity index (χ1n) is 3.58. The second-order valence-corrected chi connectivity index (χ2v) is 2.51. The van der Waals surface area contributed by atoms with Gasteiger partial charge in [-0.05, 0) is 6.92 Å². The van der Waals surface area contributed by atoms with Crippen LogP contribution < -0.4 is 0 Å². The zero-order valence-corrected chi connectivity index (χ0v) is 6.78. The van der Waals surface area contributed by atoms with Crippen molar-refractivity contribution in [2.24, 2.45) is 0 Å². The third-order valence-corrected chi connectivity index (χ3v) is 1.76. The van der Waals surface area contributed by atoms with Crippen LogP contribution in [-0.4, -0.2) is 20.3 Å². The van der Waals surface area contributed by atoms with Crippen molar-refractivity contribution < 1.29 is 15.3 Å². The molecule has 1 rings (SSSR count). The summed E-state index contributed by atoms with van der Waals surface area (Å²) in [7, 11) is 0. The average Bonchev–Trinajstić information content (AvgIpc) is 2.09. The van der Waals surface area contributed by atoms with Crippen LogP contribution in [0.5, 0.6) is 5.75 Å². The van der Waals surface area contributed by atoms with Crippen LogP contribution in [0.3, 0.4) is 0 Å². The maximum Gasteiger partial charge on any atom is 0.142 e. The van der Waals surface area contributed by atoms with E-state index >= 15 is 0 Å². The normalized spacial score (nSPS) is 10.2. The Bertz CT molecular complexity index is 286. The van der Waals surface area contributed by atoms with Crippen molar-refractivity contribution in [2.75, 3.05) is 0 Å². The summed E-state index contributed by atoms with van der Waals surface area (Å²) < 4.78 is 0. The van der Waals surface area contributed by atoms with Gasteiger partial charge in [0.15, 0.2) is 0 Å². The lowest BCUT2D eigenvalue weighted by molar-refractivity contribution is 0.254. The number of aromatic nitrogens is 1. The van der Waals surface area contributed by atoms with Crippen molar-refractivity contribution in [3.8, 4) is 5.75 Å². The minimum atomic E-state index is -0.287. The highest BCUT2D eigenvalue weighted by molar-refractivity contribution is 5.39. The van der Waals surface area contributed by atoms with E-state index in [0.717, 1.165) is 0 Å². The summed E-state index contributed by atoms with van der Waals surface area (Å²) in [6, 6.07) is 0. The number of pyridine rings is 1. The molecule has 0 unspecified atom stereocenters. The van der Waals surface area contributed by atoms with Crippen LogP contribution in [0.2, 0.25) is 0 Å². The Morgan fingerprint density at radius 2 is 2.00 bits per heavy atom. The van der Waals surface area contributed by atoms with Crippen molar-refractivity contribution >= 4 is 0 Å². The van der Waals surface area contributed by atoms with E-state index in [1.54, 1.807) is 6.92 Å². The highest BCUT2D eigenvalue weighted by atomic mass is 16.3. The topological polar surface area (TPSA) is 73.6 Å². The van der Waals surface area contributed by atoms with E-state index in [9.17, 15) is 5.11 Å². The molecular formula is C8H11NO3. The fourth-order valence-electron chi connectivity index (χ4n) is 0.997. The van der Waals surface area contributed by atoms with Gasteiger partial charge in [-0.3, -0.25) is 4.98 Å². The van der Waals surface area contributed by atoms with Gasteiger partial charge in [-0.1, -0.05) is 0 Å². The molecule has 0 saturated carbocycles. The summed E-state index contributed by atoms with van der Waals surface area (Å²) in [4.78, 5) is 3.84. The molecule has 4 heteroatoms. The molecule has 0 bridgehead atoms. The maximum atomic E-state index is 9.38. The Labute approximate surface area is 70.1 Å². The number of aliphatic hydroxyl groups excluding tert-OH is 2. The molecular weight excluding hydrogens is 162 g/mol. The van der Waals surface area contributed by atoms with Gasteiger partial charge in [0.25, 0.3) is 0 Å². The molecule has 66 valence electrons. The quantitative estimate of drug-likeness (QED) is 0.554. The SMILES string of the molecule is Cc1nc[13c]([13CH2]O)[13c]([13CH2]O)c1O. The lowest BCUT2D eigenvalue weighted by Crippen LogP contribution is -1.98. The van der Waals surface area contributed by atoms with Gasteiger partial charge < -0.3 is 15.3 Å². The van der Waals surface area contributed by atoms with E-state index in [2.05, 4.69) is 4.98 Å². The number of hydrogen-bond donors (Lipinski definition) is 3. The molecule has 0 aliphatic carbocycles. The molecule has 0 fully saturated rings. The van der Waals surface area contributed by atoms with Gasteiger partial charge in [-0.15, -0.1) is 0 Å². The van der Waals surface area contributed by atoms with Crippen LogP contribution in [0.1, 0.15) is 16.8 Å². The number of aryl methyl sites for hydroxylation is 1. The first-order chi connectivity index (χ1) is 5.70. The van der Waals surface area contributed by atoms with Crippen LogP contribution in [0.15, 0.2) is 6.20 Å². The molecule has 1 aromatic rings. The highest BCUT2D eigenvalue weighted by Gasteiger charge is 2.09. The highest BCUT2D eigenvalue weighted by Crippen LogP contribution is 2.23. The van der Waals surface area contributed by atoms with Gasteiger partial charge in [0.2, 0.25) is 0 Å². The summed E-state index contributed by atoms with van der Waals surface area (Å²) in [5.41, 5.74) is 1.27. The molecule has 3 N–H and O–H groups in total. The van der Waals surface area contributed by atoms with E-state index in [-0.39, 0.29) is 19.0 Å². The fourth-order valence-corrected chi connectivity index (χ4v) is 0.997. The largest absolute Gasteiger partial charge is 0.506 e. The molecule has 0 saturated heterocycles. The maximum absolute atomic E-state index is 9.38. The number of nitrogens with zero attached hydrogens (tertiary/aromatic N) is 1. The number of aromatic hydroxyl groups is 1. The van der Waals surface area contributed by atoms with Crippen molar-refractivity contribution in [1.82, 2.24) is 4.98 Å². The summed E-state index contributed by atoms with van der Waals surface area (Å²) >= 11 is 0. The molecule has 4 nitrogen and oxygen atoms in total. The predicted molar refractivity (Wildman–Crippen MR) is 42.5 cm³/mol. The molecule has 0 aliphatic heterocycles. The number of rotatable bonds is 2. The van der Waals surface area contributed by atoms with Crippen molar-refractivity contribution in [3.63, 3.8) is 0 Å². The first-order valence-corrected chi connectivity index (χ1v) is 3.58. The van der Waals surface area contributed by atoms with E-state index in [0.29, 0.717) is 16.8 Å². The molecule has 1 aromatic heterocycles. The predicted octanol–water partition coefficient (Wildman–Crippen LogP) is 0.0802. The fraction of sp³-hybridized carbons (Fsp3) is 0.375. The first kappa shape index (κ1) is 8.96. The minimum Gasteiger partial charge on any atom is -0.506 e. The zero-order chi connectivity index (χ0) is 9.14. The lowest BCUT2D eigenvalue weighted by Gasteiger charge is -2.07.